The zero-order valence-electron chi connectivity index (χ0n) is 12.3. The molecule has 1 amide bonds. The molecule has 0 aromatic heterocycles. The lowest BCUT2D eigenvalue weighted by Gasteiger charge is -2.16. The fourth-order valence-electron chi connectivity index (χ4n) is 2.06. The van der Waals surface area contributed by atoms with Crippen LogP contribution in [0.5, 0.6) is 0 Å². The van der Waals surface area contributed by atoms with Gasteiger partial charge in [-0.05, 0) is 23.6 Å². The Morgan fingerprint density at radius 1 is 0.850 bits per heavy atom. The average Bonchev–Trinajstić information content (AvgIpc) is 2.48. The van der Waals surface area contributed by atoms with E-state index in [1.165, 1.54) is 11.1 Å². The first-order valence-electron chi connectivity index (χ1n) is 7.03. The highest BCUT2D eigenvalue weighted by Gasteiger charge is 2.12. The number of benzene rings is 2. The third-order valence-corrected chi connectivity index (χ3v) is 3.40. The Hall–Kier alpha value is -2.09. The molecular formula is C18H21NO. The quantitative estimate of drug-likeness (QED) is 0.884. The molecule has 0 radical (unpaired) electrons. The van der Waals surface area contributed by atoms with Crippen molar-refractivity contribution >= 4 is 5.91 Å². The molecule has 1 atom stereocenters. The number of hydrogen-bond donors (Lipinski definition) is 1. The standard InChI is InChI=1S/C18H21NO/c1-13(2)18(20)19-14(3)15-9-11-17(12-10-15)16-7-5-4-6-8-16/h4-14H,1-3H3,(H,19,20)/t14-/m0/s1. The Labute approximate surface area is 120 Å². The zero-order chi connectivity index (χ0) is 14.5. The summed E-state index contributed by atoms with van der Waals surface area (Å²) in [6.07, 6.45) is 0. The van der Waals surface area contributed by atoms with Crippen LogP contribution in [0.15, 0.2) is 54.6 Å². The fourth-order valence-corrected chi connectivity index (χ4v) is 2.06. The Morgan fingerprint density at radius 2 is 1.40 bits per heavy atom. The topological polar surface area (TPSA) is 29.1 Å². The van der Waals surface area contributed by atoms with Crippen molar-refractivity contribution in [2.75, 3.05) is 0 Å². The molecule has 2 aromatic carbocycles. The van der Waals surface area contributed by atoms with E-state index < -0.39 is 0 Å². The lowest BCUT2D eigenvalue weighted by atomic mass is 10.0. The van der Waals surface area contributed by atoms with Crippen LogP contribution in [0.1, 0.15) is 32.4 Å². The Balaban J connectivity index is 2.10. The molecule has 104 valence electrons. The number of nitrogens with one attached hydrogen (secondary N) is 1. The van der Waals surface area contributed by atoms with Crippen molar-refractivity contribution in [2.45, 2.75) is 26.8 Å². The van der Waals surface area contributed by atoms with Gasteiger partial charge < -0.3 is 5.32 Å². The van der Waals surface area contributed by atoms with Crippen LogP contribution in [0.2, 0.25) is 0 Å². The summed E-state index contributed by atoms with van der Waals surface area (Å²) in [4.78, 5) is 11.7. The summed E-state index contributed by atoms with van der Waals surface area (Å²) >= 11 is 0. The SMILES string of the molecule is CC(C)C(=O)N[C@@H](C)c1ccc(-c2ccccc2)cc1. The molecular weight excluding hydrogens is 246 g/mol. The van der Waals surface area contributed by atoms with Gasteiger partial charge in [-0.3, -0.25) is 4.79 Å². The Kier molecular flexibility index (Phi) is 4.57. The van der Waals surface area contributed by atoms with E-state index in [1.807, 2.05) is 39.0 Å². The minimum absolute atomic E-state index is 0.0149. The zero-order valence-corrected chi connectivity index (χ0v) is 12.3. The van der Waals surface area contributed by atoms with E-state index in [1.54, 1.807) is 0 Å². The molecule has 0 saturated heterocycles. The maximum Gasteiger partial charge on any atom is 0.223 e. The van der Waals surface area contributed by atoms with Gasteiger partial charge in [-0.25, -0.2) is 0 Å². The molecule has 0 spiro atoms. The summed E-state index contributed by atoms with van der Waals surface area (Å²) < 4.78 is 0. The van der Waals surface area contributed by atoms with Crippen LogP contribution in [0.4, 0.5) is 0 Å². The van der Waals surface area contributed by atoms with Crippen LogP contribution < -0.4 is 5.32 Å². The second-order valence-electron chi connectivity index (χ2n) is 5.37. The van der Waals surface area contributed by atoms with Gasteiger partial charge in [0.05, 0.1) is 6.04 Å². The van der Waals surface area contributed by atoms with Gasteiger partial charge in [0, 0.05) is 5.92 Å². The first kappa shape index (κ1) is 14.3. The van der Waals surface area contributed by atoms with Crippen molar-refractivity contribution in [3.8, 4) is 11.1 Å². The number of hydrogen-bond acceptors (Lipinski definition) is 1. The Bertz CT molecular complexity index is 558. The van der Waals surface area contributed by atoms with Crippen molar-refractivity contribution in [1.29, 1.82) is 0 Å². The first-order valence-corrected chi connectivity index (χ1v) is 7.03. The second kappa shape index (κ2) is 6.38. The van der Waals surface area contributed by atoms with Crippen molar-refractivity contribution in [3.05, 3.63) is 60.2 Å². The lowest BCUT2D eigenvalue weighted by molar-refractivity contribution is -0.124. The average molecular weight is 267 g/mol. The van der Waals surface area contributed by atoms with E-state index in [0.717, 1.165) is 5.56 Å². The van der Waals surface area contributed by atoms with Gasteiger partial charge in [0.25, 0.3) is 0 Å². The normalized spacial score (nSPS) is 12.2. The largest absolute Gasteiger partial charge is 0.349 e. The molecule has 2 aromatic rings. The van der Waals surface area contributed by atoms with E-state index in [9.17, 15) is 4.79 Å². The molecule has 20 heavy (non-hydrogen) atoms. The predicted octanol–water partition coefficient (Wildman–Crippen LogP) is 4.19. The van der Waals surface area contributed by atoms with Crippen LogP contribution in [0, 0.1) is 5.92 Å². The highest BCUT2D eigenvalue weighted by atomic mass is 16.1. The number of rotatable bonds is 4. The van der Waals surface area contributed by atoms with E-state index in [2.05, 4.69) is 41.7 Å². The molecule has 0 unspecified atom stereocenters. The van der Waals surface area contributed by atoms with Crippen LogP contribution in [0.25, 0.3) is 11.1 Å². The highest BCUT2D eigenvalue weighted by molar-refractivity contribution is 5.78. The third-order valence-electron chi connectivity index (χ3n) is 3.40. The van der Waals surface area contributed by atoms with Gasteiger partial charge in [-0.15, -0.1) is 0 Å². The summed E-state index contributed by atoms with van der Waals surface area (Å²) in [5.74, 6) is 0.102. The molecule has 0 aliphatic rings. The molecule has 0 bridgehead atoms. The Morgan fingerprint density at radius 3 is 1.95 bits per heavy atom. The maximum atomic E-state index is 11.7. The van der Waals surface area contributed by atoms with E-state index in [-0.39, 0.29) is 17.9 Å². The summed E-state index contributed by atoms with van der Waals surface area (Å²) in [5, 5.41) is 3.02. The molecule has 0 aliphatic heterocycles. The molecule has 0 fully saturated rings. The van der Waals surface area contributed by atoms with Crippen molar-refractivity contribution in [2.24, 2.45) is 5.92 Å². The second-order valence-corrected chi connectivity index (χ2v) is 5.37. The van der Waals surface area contributed by atoms with E-state index in [0.29, 0.717) is 0 Å². The summed E-state index contributed by atoms with van der Waals surface area (Å²) in [6, 6.07) is 18.7. The summed E-state index contributed by atoms with van der Waals surface area (Å²) in [7, 11) is 0. The van der Waals surface area contributed by atoms with Gasteiger partial charge >= 0.3 is 0 Å². The monoisotopic (exact) mass is 267 g/mol. The molecule has 2 heteroatoms. The van der Waals surface area contributed by atoms with Gasteiger partial charge in [-0.2, -0.15) is 0 Å². The number of carbonyl (C=O) groups excluding carboxylic acids is 1. The lowest BCUT2D eigenvalue weighted by Crippen LogP contribution is -2.30. The molecule has 2 nitrogen and oxygen atoms in total. The van der Waals surface area contributed by atoms with Gasteiger partial charge in [-0.1, -0.05) is 68.4 Å². The smallest absolute Gasteiger partial charge is 0.223 e. The molecule has 2 rings (SSSR count). The predicted molar refractivity (Wildman–Crippen MR) is 83.3 cm³/mol. The molecule has 1 N–H and O–H groups in total. The number of carbonyl (C=O) groups is 1. The third kappa shape index (κ3) is 3.47. The molecule has 0 heterocycles. The number of amides is 1. The van der Waals surface area contributed by atoms with Crippen molar-refractivity contribution in [1.82, 2.24) is 5.32 Å². The fraction of sp³-hybridized carbons (Fsp3) is 0.278. The van der Waals surface area contributed by atoms with E-state index >= 15 is 0 Å². The van der Waals surface area contributed by atoms with Crippen molar-refractivity contribution in [3.63, 3.8) is 0 Å². The molecule has 0 aliphatic carbocycles. The van der Waals surface area contributed by atoms with Crippen LogP contribution in [-0.2, 0) is 4.79 Å². The molecule has 0 saturated carbocycles. The van der Waals surface area contributed by atoms with Crippen LogP contribution >= 0.6 is 0 Å². The minimum Gasteiger partial charge on any atom is -0.349 e. The minimum atomic E-state index is 0.0149. The van der Waals surface area contributed by atoms with Gasteiger partial charge in [0.15, 0.2) is 0 Å². The van der Waals surface area contributed by atoms with Crippen LogP contribution in [-0.4, -0.2) is 5.91 Å². The van der Waals surface area contributed by atoms with E-state index in [4.69, 9.17) is 0 Å². The summed E-state index contributed by atoms with van der Waals surface area (Å²) in [5.41, 5.74) is 3.52. The first-order chi connectivity index (χ1) is 9.58. The summed E-state index contributed by atoms with van der Waals surface area (Å²) in [6.45, 7) is 5.82. The highest BCUT2D eigenvalue weighted by Crippen LogP contribution is 2.21. The van der Waals surface area contributed by atoms with Crippen LogP contribution in [0.3, 0.4) is 0 Å². The van der Waals surface area contributed by atoms with Gasteiger partial charge in [0.2, 0.25) is 5.91 Å². The van der Waals surface area contributed by atoms with Crippen molar-refractivity contribution < 1.29 is 4.79 Å². The van der Waals surface area contributed by atoms with Gasteiger partial charge in [0.1, 0.15) is 0 Å². The maximum absolute atomic E-state index is 11.7.